The molecule has 0 saturated carbocycles. The molecule has 1 heterocycles. The molecule has 1 aromatic rings. The second-order valence-corrected chi connectivity index (χ2v) is 6.58. The van der Waals surface area contributed by atoms with Crippen LogP contribution in [0.15, 0.2) is 29.5 Å². The minimum absolute atomic E-state index is 0.0162. The highest BCUT2D eigenvalue weighted by atomic mass is 16.5. The summed E-state index contributed by atoms with van der Waals surface area (Å²) in [7, 11) is 4.00. The van der Waals surface area contributed by atoms with Gasteiger partial charge in [-0.05, 0) is 30.0 Å². The summed E-state index contributed by atoms with van der Waals surface area (Å²) in [5, 5.41) is 12.4. The predicted octanol–water partition coefficient (Wildman–Crippen LogP) is 2.66. The van der Waals surface area contributed by atoms with Crippen LogP contribution in [-0.4, -0.2) is 37.8 Å². The van der Waals surface area contributed by atoms with E-state index < -0.39 is 12.0 Å². The van der Waals surface area contributed by atoms with E-state index in [1.807, 2.05) is 45.8 Å². The maximum Gasteiger partial charge on any atom is 0.326 e. The average Bonchev–Trinajstić information content (AvgIpc) is 2.50. The summed E-state index contributed by atoms with van der Waals surface area (Å²) in [6.07, 6.45) is 0.784. The van der Waals surface area contributed by atoms with Crippen molar-refractivity contribution in [3.63, 3.8) is 0 Å². The van der Waals surface area contributed by atoms with Crippen molar-refractivity contribution >= 4 is 11.7 Å². The van der Waals surface area contributed by atoms with Crippen LogP contribution in [-0.2, 0) is 11.2 Å². The van der Waals surface area contributed by atoms with Crippen LogP contribution in [0.1, 0.15) is 26.3 Å². The Balaban J connectivity index is 2.18. The van der Waals surface area contributed by atoms with Crippen LogP contribution in [0.3, 0.4) is 0 Å². The lowest BCUT2D eigenvalue weighted by Crippen LogP contribution is -2.40. The van der Waals surface area contributed by atoms with Gasteiger partial charge in [0.1, 0.15) is 18.4 Å². The molecule has 126 valence electrons. The van der Waals surface area contributed by atoms with Crippen LogP contribution < -0.4 is 15.0 Å². The van der Waals surface area contributed by atoms with Crippen molar-refractivity contribution in [2.24, 2.45) is 5.92 Å². The third kappa shape index (κ3) is 3.97. The number of hydrogen-bond donors (Lipinski definition) is 2. The lowest BCUT2D eigenvalue weighted by molar-refractivity contribution is -0.140. The Labute approximate surface area is 137 Å². The summed E-state index contributed by atoms with van der Waals surface area (Å²) in [5.74, 6) is 0.0987. The Morgan fingerprint density at radius 3 is 2.61 bits per heavy atom. The quantitative estimate of drug-likeness (QED) is 0.874. The first kappa shape index (κ1) is 17.2. The van der Waals surface area contributed by atoms with E-state index in [0.717, 1.165) is 34.7 Å². The molecule has 0 amide bonds. The van der Waals surface area contributed by atoms with Gasteiger partial charge in [-0.3, -0.25) is 0 Å². The van der Waals surface area contributed by atoms with Crippen LogP contribution in [0.4, 0.5) is 5.69 Å². The summed E-state index contributed by atoms with van der Waals surface area (Å²) in [6.45, 7) is 6.22. The van der Waals surface area contributed by atoms with Crippen LogP contribution in [0.25, 0.3) is 0 Å². The Morgan fingerprint density at radius 1 is 1.35 bits per heavy atom. The minimum atomic E-state index is -0.826. The first-order valence-corrected chi connectivity index (χ1v) is 7.90. The first-order chi connectivity index (χ1) is 10.8. The van der Waals surface area contributed by atoms with E-state index in [1.54, 1.807) is 0 Å². The number of anilines is 1. The van der Waals surface area contributed by atoms with Crippen LogP contribution in [0.2, 0.25) is 0 Å². The fourth-order valence-corrected chi connectivity index (χ4v) is 2.64. The molecule has 5 nitrogen and oxygen atoms in total. The zero-order chi connectivity index (χ0) is 17.1. The van der Waals surface area contributed by atoms with Crippen molar-refractivity contribution in [3.8, 4) is 5.75 Å². The SMILES string of the molecule is C/C(N[C@H](C(=O)O)C(C)C)=C1\COc2cc(N(C)C)ccc2C1. The van der Waals surface area contributed by atoms with Crippen LogP contribution in [0.5, 0.6) is 5.75 Å². The van der Waals surface area contributed by atoms with Gasteiger partial charge in [-0.1, -0.05) is 19.9 Å². The second-order valence-electron chi connectivity index (χ2n) is 6.58. The number of aliphatic carboxylic acids is 1. The summed E-state index contributed by atoms with van der Waals surface area (Å²) in [4.78, 5) is 13.4. The van der Waals surface area contributed by atoms with Gasteiger partial charge in [-0.15, -0.1) is 0 Å². The van der Waals surface area contributed by atoms with Gasteiger partial charge in [0, 0.05) is 38.0 Å². The van der Waals surface area contributed by atoms with Gasteiger partial charge < -0.3 is 20.1 Å². The molecule has 1 aliphatic rings. The summed E-state index contributed by atoms with van der Waals surface area (Å²) in [5.41, 5.74) is 4.24. The van der Waals surface area contributed by atoms with Crippen LogP contribution in [0, 0.1) is 5.92 Å². The van der Waals surface area contributed by atoms with Crippen molar-refractivity contribution in [2.75, 3.05) is 25.6 Å². The number of hydrogen-bond acceptors (Lipinski definition) is 4. The van der Waals surface area contributed by atoms with Crippen molar-refractivity contribution in [2.45, 2.75) is 33.2 Å². The number of nitrogens with one attached hydrogen (secondary N) is 1. The Morgan fingerprint density at radius 2 is 2.04 bits per heavy atom. The fourth-order valence-electron chi connectivity index (χ4n) is 2.64. The van der Waals surface area contributed by atoms with E-state index in [1.165, 1.54) is 0 Å². The molecule has 0 fully saturated rings. The normalized spacial score (nSPS) is 17.1. The molecule has 0 bridgehead atoms. The third-order valence-corrected chi connectivity index (χ3v) is 4.21. The van der Waals surface area contributed by atoms with E-state index in [9.17, 15) is 9.90 Å². The number of rotatable bonds is 5. The molecule has 23 heavy (non-hydrogen) atoms. The van der Waals surface area contributed by atoms with Crippen molar-refractivity contribution in [1.29, 1.82) is 0 Å². The summed E-state index contributed by atoms with van der Waals surface area (Å²) < 4.78 is 5.88. The number of carbonyl (C=O) groups is 1. The zero-order valence-corrected chi connectivity index (χ0v) is 14.5. The van der Waals surface area contributed by atoms with Gasteiger partial charge in [0.05, 0.1) is 0 Å². The number of benzene rings is 1. The van der Waals surface area contributed by atoms with E-state index >= 15 is 0 Å². The standard InChI is InChI=1S/C18H26N2O3/c1-11(2)17(18(21)22)19-12(3)14-8-13-6-7-15(20(4)5)9-16(13)23-10-14/h6-7,9,11,17,19H,8,10H2,1-5H3,(H,21,22)/b14-12+/t17-/m0/s1. The third-order valence-electron chi connectivity index (χ3n) is 4.21. The predicted molar refractivity (Wildman–Crippen MR) is 92.1 cm³/mol. The van der Waals surface area contributed by atoms with Crippen molar-refractivity contribution in [3.05, 3.63) is 35.0 Å². The molecule has 0 aliphatic carbocycles. The number of nitrogens with zero attached hydrogens (tertiary/aromatic N) is 1. The number of fused-ring (bicyclic) bond motifs is 1. The summed E-state index contributed by atoms with van der Waals surface area (Å²) >= 11 is 0. The van der Waals surface area contributed by atoms with E-state index in [4.69, 9.17) is 4.74 Å². The molecule has 1 atom stereocenters. The monoisotopic (exact) mass is 318 g/mol. The second kappa shape index (κ2) is 6.94. The van der Waals surface area contributed by atoms with E-state index in [0.29, 0.717) is 6.61 Å². The van der Waals surface area contributed by atoms with E-state index in [-0.39, 0.29) is 5.92 Å². The highest BCUT2D eigenvalue weighted by Crippen LogP contribution is 2.31. The molecular formula is C18H26N2O3. The maximum absolute atomic E-state index is 11.3. The Bertz CT molecular complexity index is 621. The molecule has 0 radical (unpaired) electrons. The molecule has 2 N–H and O–H groups in total. The molecule has 0 saturated heterocycles. The zero-order valence-electron chi connectivity index (χ0n) is 14.5. The average molecular weight is 318 g/mol. The molecular weight excluding hydrogens is 292 g/mol. The highest BCUT2D eigenvalue weighted by Gasteiger charge is 2.23. The number of allylic oxidation sites excluding steroid dienone is 1. The molecule has 0 spiro atoms. The smallest absolute Gasteiger partial charge is 0.326 e. The van der Waals surface area contributed by atoms with Crippen molar-refractivity contribution in [1.82, 2.24) is 5.32 Å². The molecule has 1 aromatic carbocycles. The van der Waals surface area contributed by atoms with Gasteiger partial charge in [0.15, 0.2) is 0 Å². The van der Waals surface area contributed by atoms with Gasteiger partial charge in [0.2, 0.25) is 0 Å². The number of carboxylic acid groups (broad SMARTS) is 1. The molecule has 1 aliphatic heterocycles. The fraction of sp³-hybridized carbons (Fsp3) is 0.500. The lowest BCUT2D eigenvalue weighted by atomic mass is 9.98. The molecule has 5 heteroatoms. The number of ether oxygens (including phenoxy) is 1. The Kier molecular flexibility index (Phi) is 5.19. The maximum atomic E-state index is 11.3. The number of carboxylic acids is 1. The minimum Gasteiger partial charge on any atom is -0.489 e. The van der Waals surface area contributed by atoms with Crippen LogP contribution >= 0.6 is 0 Å². The van der Waals surface area contributed by atoms with Gasteiger partial charge in [-0.25, -0.2) is 4.79 Å². The van der Waals surface area contributed by atoms with Gasteiger partial charge in [0.25, 0.3) is 0 Å². The largest absolute Gasteiger partial charge is 0.489 e. The summed E-state index contributed by atoms with van der Waals surface area (Å²) in [6, 6.07) is 5.61. The first-order valence-electron chi connectivity index (χ1n) is 7.90. The highest BCUT2D eigenvalue weighted by molar-refractivity contribution is 5.74. The van der Waals surface area contributed by atoms with E-state index in [2.05, 4.69) is 17.4 Å². The Hall–Kier alpha value is -2.17. The van der Waals surface area contributed by atoms with Gasteiger partial charge >= 0.3 is 5.97 Å². The topological polar surface area (TPSA) is 61.8 Å². The van der Waals surface area contributed by atoms with Crippen molar-refractivity contribution < 1.29 is 14.6 Å². The lowest BCUT2D eigenvalue weighted by Gasteiger charge is -2.26. The molecule has 2 rings (SSSR count). The molecule has 0 unspecified atom stereocenters. The molecule has 0 aromatic heterocycles. The van der Waals surface area contributed by atoms with Gasteiger partial charge in [-0.2, -0.15) is 0 Å².